The fraction of sp³-hybridized carbons (Fsp3) is 0.500. The number of hydrogen-bond donors (Lipinski definition) is 2. The summed E-state index contributed by atoms with van der Waals surface area (Å²) >= 11 is 0. The summed E-state index contributed by atoms with van der Waals surface area (Å²) < 4.78 is 48.0. The van der Waals surface area contributed by atoms with Crippen LogP contribution >= 0.6 is 0 Å². The van der Waals surface area contributed by atoms with Crippen LogP contribution in [0.3, 0.4) is 0 Å². The molecule has 1 rings (SSSR count). The van der Waals surface area contributed by atoms with Gasteiger partial charge in [0.2, 0.25) is 0 Å². The number of halogens is 3. The van der Waals surface area contributed by atoms with E-state index in [0.717, 1.165) is 12.1 Å². The summed E-state index contributed by atoms with van der Waals surface area (Å²) in [5.74, 6) is -0.389. The Morgan fingerprint density at radius 2 is 1.95 bits per heavy atom. The number of methoxy groups -OCH3 is 1. The van der Waals surface area contributed by atoms with Gasteiger partial charge in [-0.25, -0.2) is 0 Å². The van der Waals surface area contributed by atoms with Crippen LogP contribution in [-0.2, 0) is 17.5 Å². The van der Waals surface area contributed by atoms with Gasteiger partial charge in [0.1, 0.15) is 18.5 Å². The van der Waals surface area contributed by atoms with Crippen molar-refractivity contribution >= 4 is 0 Å². The van der Waals surface area contributed by atoms with E-state index in [0.29, 0.717) is 0 Å². The van der Waals surface area contributed by atoms with Crippen molar-refractivity contribution in [2.75, 3.05) is 20.3 Å². The normalized spacial score (nSPS) is 13.4. The third kappa shape index (κ3) is 4.70. The molecule has 0 fully saturated rings. The van der Waals surface area contributed by atoms with Gasteiger partial charge < -0.3 is 19.7 Å². The van der Waals surface area contributed by atoms with Crippen LogP contribution in [0.2, 0.25) is 0 Å². The van der Waals surface area contributed by atoms with E-state index >= 15 is 0 Å². The number of rotatable bonds is 6. The molecule has 0 saturated heterocycles. The minimum atomic E-state index is -4.59. The predicted octanol–water partition coefficient (Wildman–Crippen LogP) is 1.58. The molecule has 0 aliphatic heterocycles. The van der Waals surface area contributed by atoms with E-state index in [1.54, 1.807) is 0 Å². The van der Waals surface area contributed by atoms with Crippen LogP contribution in [0.1, 0.15) is 11.1 Å². The van der Waals surface area contributed by atoms with Crippen LogP contribution in [-0.4, -0.2) is 36.6 Å². The van der Waals surface area contributed by atoms with Gasteiger partial charge in [-0.15, -0.1) is 0 Å². The lowest BCUT2D eigenvalue weighted by molar-refractivity contribution is -0.139. The lowest BCUT2D eigenvalue weighted by Crippen LogP contribution is -2.23. The first-order valence-electron chi connectivity index (χ1n) is 5.49. The maximum absolute atomic E-state index is 12.8. The quantitative estimate of drug-likeness (QED) is 0.830. The summed E-state index contributed by atoms with van der Waals surface area (Å²) in [6.45, 7) is -0.832. The molecule has 7 heteroatoms. The second-order valence-electron chi connectivity index (χ2n) is 3.91. The molecule has 1 aromatic rings. The molecule has 0 aliphatic rings. The Morgan fingerprint density at radius 1 is 1.26 bits per heavy atom. The molecule has 0 bridgehead atoms. The van der Waals surface area contributed by atoms with Crippen molar-refractivity contribution in [2.45, 2.75) is 18.9 Å². The molecule has 0 spiro atoms. The second kappa shape index (κ2) is 6.74. The first kappa shape index (κ1) is 15.7. The Morgan fingerprint density at radius 3 is 2.47 bits per heavy atom. The van der Waals surface area contributed by atoms with Crippen LogP contribution in [0.25, 0.3) is 0 Å². The Hall–Kier alpha value is -1.31. The summed E-state index contributed by atoms with van der Waals surface area (Å²) in [4.78, 5) is 0. The number of benzene rings is 1. The lowest BCUT2D eigenvalue weighted by Gasteiger charge is -2.16. The van der Waals surface area contributed by atoms with Crippen molar-refractivity contribution in [2.24, 2.45) is 0 Å². The molecule has 108 valence electrons. The molecular formula is C12H15F3O4. The number of hydrogen-bond acceptors (Lipinski definition) is 4. The van der Waals surface area contributed by atoms with Crippen LogP contribution < -0.4 is 4.74 Å². The Kier molecular flexibility index (Phi) is 5.59. The molecule has 1 atom stereocenters. The van der Waals surface area contributed by atoms with Crippen molar-refractivity contribution in [3.05, 3.63) is 29.3 Å². The zero-order valence-electron chi connectivity index (χ0n) is 10.3. The molecular weight excluding hydrogens is 265 g/mol. The van der Waals surface area contributed by atoms with E-state index in [1.165, 1.54) is 13.2 Å². The Bertz CT molecular complexity index is 406. The molecule has 0 aromatic heterocycles. The standard InChI is InChI=1S/C12H15F3O4/c1-18-6-9(17)7-19-11-3-2-8(5-16)4-10(11)12(13,14)15/h2-4,9,16-17H,5-7H2,1H3. The smallest absolute Gasteiger partial charge is 0.419 e. The van der Waals surface area contributed by atoms with Gasteiger partial charge in [0.25, 0.3) is 0 Å². The summed E-state index contributed by atoms with van der Waals surface area (Å²) in [5.41, 5.74) is -0.846. The number of aliphatic hydroxyl groups is 2. The van der Waals surface area contributed by atoms with E-state index in [-0.39, 0.29) is 24.5 Å². The molecule has 0 amide bonds. The van der Waals surface area contributed by atoms with Crippen LogP contribution in [0.5, 0.6) is 5.75 Å². The first-order chi connectivity index (χ1) is 8.88. The average Bonchev–Trinajstić information content (AvgIpc) is 2.35. The molecule has 0 saturated carbocycles. The molecule has 0 heterocycles. The van der Waals surface area contributed by atoms with Crippen molar-refractivity contribution in [1.29, 1.82) is 0 Å². The van der Waals surface area contributed by atoms with E-state index < -0.39 is 24.5 Å². The van der Waals surface area contributed by atoms with Crippen LogP contribution in [0, 0.1) is 0 Å². The van der Waals surface area contributed by atoms with Gasteiger partial charge in [0.15, 0.2) is 0 Å². The van der Waals surface area contributed by atoms with Crippen molar-refractivity contribution in [1.82, 2.24) is 0 Å². The van der Waals surface area contributed by atoms with E-state index in [9.17, 15) is 18.3 Å². The third-order valence-corrected chi connectivity index (χ3v) is 2.32. The van der Waals surface area contributed by atoms with Crippen molar-refractivity contribution in [3.8, 4) is 5.75 Å². The van der Waals surface area contributed by atoms with Crippen molar-refractivity contribution in [3.63, 3.8) is 0 Å². The highest BCUT2D eigenvalue weighted by Gasteiger charge is 2.34. The largest absolute Gasteiger partial charge is 0.490 e. The Balaban J connectivity index is 2.87. The second-order valence-corrected chi connectivity index (χ2v) is 3.91. The highest BCUT2D eigenvalue weighted by atomic mass is 19.4. The van der Waals surface area contributed by atoms with E-state index in [2.05, 4.69) is 4.74 Å². The van der Waals surface area contributed by atoms with E-state index in [1.807, 2.05) is 0 Å². The zero-order chi connectivity index (χ0) is 14.5. The molecule has 0 radical (unpaired) electrons. The van der Waals surface area contributed by atoms with Crippen molar-refractivity contribution < 1.29 is 32.9 Å². The minimum absolute atomic E-state index is 0.0317. The van der Waals surface area contributed by atoms with Gasteiger partial charge in [-0.3, -0.25) is 0 Å². The van der Waals surface area contributed by atoms with Crippen LogP contribution in [0.15, 0.2) is 18.2 Å². The van der Waals surface area contributed by atoms with Gasteiger partial charge in [-0.05, 0) is 17.7 Å². The fourth-order valence-electron chi connectivity index (χ4n) is 1.45. The molecule has 2 N–H and O–H groups in total. The summed E-state index contributed by atoms with van der Waals surface area (Å²) in [7, 11) is 1.36. The van der Waals surface area contributed by atoms with E-state index in [4.69, 9.17) is 9.84 Å². The van der Waals surface area contributed by atoms with Gasteiger partial charge >= 0.3 is 6.18 Å². The summed E-state index contributed by atoms with van der Waals surface area (Å²) in [5, 5.41) is 18.2. The highest BCUT2D eigenvalue weighted by Crippen LogP contribution is 2.36. The molecule has 1 aromatic carbocycles. The highest BCUT2D eigenvalue weighted by molar-refractivity contribution is 5.39. The Labute approximate surface area is 108 Å². The van der Waals surface area contributed by atoms with Crippen LogP contribution in [0.4, 0.5) is 13.2 Å². The zero-order valence-corrected chi connectivity index (χ0v) is 10.3. The predicted molar refractivity (Wildman–Crippen MR) is 60.7 cm³/mol. The van der Waals surface area contributed by atoms with Gasteiger partial charge in [-0.2, -0.15) is 13.2 Å². The summed E-state index contributed by atoms with van der Waals surface area (Å²) in [6.07, 6.45) is -5.60. The van der Waals surface area contributed by atoms with Gasteiger partial charge in [0.05, 0.1) is 18.8 Å². The first-order valence-corrected chi connectivity index (χ1v) is 5.49. The maximum atomic E-state index is 12.8. The summed E-state index contributed by atoms with van der Waals surface area (Å²) in [6, 6.07) is 3.26. The lowest BCUT2D eigenvalue weighted by atomic mass is 10.1. The maximum Gasteiger partial charge on any atom is 0.419 e. The fourth-order valence-corrected chi connectivity index (χ4v) is 1.45. The van der Waals surface area contributed by atoms with Gasteiger partial charge in [0, 0.05) is 7.11 Å². The number of ether oxygens (including phenoxy) is 2. The average molecular weight is 280 g/mol. The molecule has 19 heavy (non-hydrogen) atoms. The number of aliphatic hydroxyl groups excluding tert-OH is 2. The SMILES string of the molecule is COCC(O)COc1ccc(CO)cc1C(F)(F)F. The number of alkyl halides is 3. The third-order valence-electron chi connectivity index (χ3n) is 2.32. The minimum Gasteiger partial charge on any atom is -0.490 e. The molecule has 4 nitrogen and oxygen atoms in total. The molecule has 1 unspecified atom stereocenters. The van der Waals surface area contributed by atoms with Gasteiger partial charge in [-0.1, -0.05) is 6.07 Å². The monoisotopic (exact) mass is 280 g/mol. The topological polar surface area (TPSA) is 58.9 Å². The molecule has 0 aliphatic carbocycles.